The molecule has 0 fully saturated rings. The molecule has 1 aromatic heterocycles. The number of nitro benzene ring substituents is 1. The van der Waals surface area contributed by atoms with Gasteiger partial charge in [0.2, 0.25) is 0 Å². The van der Waals surface area contributed by atoms with Crippen LogP contribution in [0.1, 0.15) is 15.4 Å². The van der Waals surface area contributed by atoms with E-state index in [1.807, 2.05) is 13.1 Å². The maximum atomic E-state index is 10.7. The Hall–Kier alpha value is -1.50. The third-order valence-corrected chi connectivity index (χ3v) is 3.78. The number of aryl methyl sites for hydroxylation is 1. The number of hydrogen-bond donors (Lipinski definition) is 1. The minimum Gasteiger partial charge on any atom is -0.306 e. The highest BCUT2D eigenvalue weighted by Gasteiger charge is 2.09. The number of halogens is 1. The number of non-ortho nitro benzene ring substituents is 1. The van der Waals surface area contributed by atoms with E-state index in [0.717, 1.165) is 9.88 Å². The Morgan fingerprint density at radius 2 is 2.26 bits per heavy atom. The van der Waals surface area contributed by atoms with Crippen LogP contribution in [0.15, 0.2) is 24.4 Å². The zero-order valence-corrected chi connectivity index (χ0v) is 11.8. The molecule has 2 aromatic rings. The smallest absolute Gasteiger partial charge is 0.269 e. The summed E-state index contributed by atoms with van der Waals surface area (Å²) in [5, 5.41) is 15.4. The van der Waals surface area contributed by atoms with Crippen molar-refractivity contribution in [2.45, 2.75) is 20.0 Å². The molecule has 0 aliphatic carbocycles. The van der Waals surface area contributed by atoms with Gasteiger partial charge in [0, 0.05) is 41.3 Å². The minimum atomic E-state index is -0.427. The summed E-state index contributed by atoms with van der Waals surface area (Å²) in [6.45, 7) is 3.09. The van der Waals surface area contributed by atoms with Gasteiger partial charge < -0.3 is 5.32 Å². The predicted molar refractivity (Wildman–Crippen MR) is 75.5 cm³/mol. The van der Waals surface area contributed by atoms with Crippen molar-refractivity contribution in [1.82, 2.24) is 10.3 Å². The van der Waals surface area contributed by atoms with Crippen molar-refractivity contribution in [3.8, 4) is 0 Å². The molecule has 1 aromatic carbocycles. The molecule has 2 rings (SSSR count). The monoisotopic (exact) mass is 297 g/mol. The quantitative estimate of drug-likeness (QED) is 0.679. The van der Waals surface area contributed by atoms with E-state index in [1.165, 1.54) is 12.1 Å². The molecule has 0 aliphatic heterocycles. The number of benzene rings is 1. The second-order valence-corrected chi connectivity index (χ2v) is 5.73. The lowest BCUT2D eigenvalue weighted by Gasteiger charge is -2.05. The summed E-state index contributed by atoms with van der Waals surface area (Å²) in [5.74, 6) is 0. The number of rotatable bonds is 5. The largest absolute Gasteiger partial charge is 0.306 e. The van der Waals surface area contributed by atoms with Gasteiger partial charge in [-0.3, -0.25) is 10.1 Å². The average molecular weight is 298 g/mol. The Labute approximate surface area is 119 Å². The first kappa shape index (κ1) is 13.9. The molecule has 0 bridgehead atoms. The predicted octanol–water partition coefficient (Wildman–Crippen LogP) is 3.30. The standard InChI is InChI=1S/C12H12ClN3O2S/c1-8-5-15-12(19-8)7-14-6-9-4-10(16(17)18)2-3-11(9)13/h2-5,14H,6-7H2,1H3. The highest BCUT2D eigenvalue weighted by molar-refractivity contribution is 7.11. The summed E-state index contributed by atoms with van der Waals surface area (Å²) in [5.41, 5.74) is 0.760. The molecular formula is C12H12ClN3O2S. The van der Waals surface area contributed by atoms with E-state index in [1.54, 1.807) is 17.4 Å². The van der Waals surface area contributed by atoms with Gasteiger partial charge in [-0.15, -0.1) is 11.3 Å². The van der Waals surface area contributed by atoms with Crippen molar-refractivity contribution in [3.05, 3.63) is 55.0 Å². The molecule has 1 N–H and O–H groups in total. The fourth-order valence-electron chi connectivity index (χ4n) is 1.60. The van der Waals surface area contributed by atoms with Crippen LogP contribution < -0.4 is 5.32 Å². The minimum absolute atomic E-state index is 0.0475. The van der Waals surface area contributed by atoms with E-state index < -0.39 is 4.92 Å². The molecule has 0 saturated heterocycles. The number of nitro groups is 1. The molecule has 0 saturated carbocycles. The second-order valence-electron chi connectivity index (χ2n) is 4.00. The van der Waals surface area contributed by atoms with Gasteiger partial charge in [-0.25, -0.2) is 4.98 Å². The zero-order chi connectivity index (χ0) is 13.8. The zero-order valence-electron chi connectivity index (χ0n) is 10.2. The SMILES string of the molecule is Cc1cnc(CNCc2cc([N+](=O)[O-])ccc2Cl)s1. The summed E-state index contributed by atoms with van der Waals surface area (Å²) in [4.78, 5) is 15.7. The van der Waals surface area contributed by atoms with Gasteiger partial charge >= 0.3 is 0 Å². The molecule has 7 heteroatoms. The van der Waals surface area contributed by atoms with Crippen molar-refractivity contribution in [3.63, 3.8) is 0 Å². The van der Waals surface area contributed by atoms with Crippen molar-refractivity contribution in [2.75, 3.05) is 0 Å². The third kappa shape index (κ3) is 3.73. The van der Waals surface area contributed by atoms with Crippen molar-refractivity contribution >= 4 is 28.6 Å². The number of nitrogens with zero attached hydrogens (tertiary/aromatic N) is 2. The molecule has 100 valence electrons. The second kappa shape index (κ2) is 6.10. The molecule has 0 unspecified atom stereocenters. The molecule has 19 heavy (non-hydrogen) atoms. The van der Waals surface area contributed by atoms with Gasteiger partial charge in [-0.2, -0.15) is 0 Å². The molecule has 0 spiro atoms. The molecule has 5 nitrogen and oxygen atoms in total. The maximum Gasteiger partial charge on any atom is 0.269 e. The van der Waals surface area contributed by atoms with Crippen LogP contribution in [0, 0.1) is 17.0 Å². The van der Waals surface area contributed by atoms with Gasteiger partial charge in [0.25, 0.3) is 5.69 Å². The molecule has 0 atom stereocenters. The van der Waals surface area contributed by atoms with Crippen LogP contribution in [-0.2, 0) is 13.1 Å². The number of aromatic nitrogens is 1. The Morgan fingerprint density at radius 1 is 1.47 bits per heavy atom. The molecule has 0 aliphatic rings. The van der Waals surface area contributed by atoms with Crippen LogP contribution in [0.25, 0.3) is 0 Å². The number of nitrogens with one attached hydrogen (secondary N) is 1. The lowest BCUT2D eigenvalue weighted by molar-refractivity contribution is -0.384. The maximum absolute atomic E-state index is 10.7. The number of hydrogen-bond acceptors (Lipinski definition) is 5. The van der Waals surface area contributed by atoms with Crippen LogP contribution in [0.4, 0.5) is 5.69 Å². The molecular weight excluding hydrogens is 286 g/mol. The van der Waals surface area contributed by atoms with Gasteiger partial charge in [0.1, 0.15) is 5.01 Å². The van der Waals surface area contributed by atoms with E-state index >= 15 is 0 Å². The molecule has 1 heterocycles. The highest BCUT2D eigenvalue weighted by atomic mass is 35.5. The van der Waals surface area contributed by atoms with Gasteiger partial charge in [-0.05, 0) is 18.6 Å². The van der Waals surface area contributed by atoms with Crippen LogP contribution in [0.2, 0.25) is 5.02 Å². The summed E-state index contributed by atoms with van der Waals surface area (Å²) in [7, 11) is 0. The molecule has 0 radical (unpaired) electrons. The van der Waals surface area contributed by atoms with Gasteiger partial charge in [-0.1, -0.05) is 11.6 Å². The van der Waals surface area contributed by atoms with E-state index in [0.29, 0.717) is 23.7 Å². The lowest BCUT2D eigenvalue weighted by atomic mass is 10.2. The van der Waals surface area contributed by atoms with Gasteiger partial charge in [0.05, 0.1) is 4.92 Å². The van der Waals surface area contributed by atoms with E-state index in [2.05, 4.69) is 10.3 Å². The Kier molecular flexibility index (Phi) is 4.47. The Bertz CT molecular complexity index is 600. The van der Waals surface area contributed by atoms with E-state index in [4.69, 9.17) is 11.6 Å². The Morgan fingerprint density at radius 3 is 2.89 bits per heavy atom. The van der Waals surface area contributed by atoms with Crippen LogP contribution in [0.5, 0.6) is 0 Å². The summed E-state index contributed by atoms with van der Waals surface area (Å²) in [6.07, 6.45) is 1.82. The fraction of sp³-hybridized carbons (Fsp3) is 0.250. The van der Waals surface area contributed by atoms with Crippen molar-refractivity contribution < 1.29 is 4.92 Å². The highest BCUT2D eigenvalue weighted by Crippen LogP contribution is 2.22. The Balaban J connectivity index is 1.99. The first-order valence-corrected chi connectivity index (χ1v) is 6.80. The van der Waals surface area contributed by atoms with E-state index in [-0.39, 0.29) is 5.69 Å². The van der Waals surface area contributed by atoms with Gasteiger partial charge in [0.15, 0.2) is 0 Å². The topological polar surface area (TPSA) is 68.1 Å². The summed E-state index contributed by atoms with van der Waals surface area (Å²) in [6, 6.07) is 4.43. The number of thiazole rings is 1. The lowest BCUT2D eigenvalue weighted by Crippen LogP contribution is -2.12. The van der Waals surface area contributed by atoms with Crippen LogP contribution in [0.3, 0.4) is 0 Å². The van der Waals surface area contributed by atoms with Crippen LogP contribution in [-0.4, -0.2) is 9.91 Å². The normalized spacial score (nSPS) is 10.6. The summed E-state index contributed by atoms with van der Waals surface area (Å²) < 4.78 is 0. The third-order valence-electron chi connectivity index (χ3n) is 2.50. The van der Waals surface area contributed by atoms with Crippen molar-refractivity contribution in [2.24, 2.45) is 0 Å². The average Bonchev–Trinajstić information content (AvgIpc) is 2.77. The van der Waals surface area contributed by atoms with Crippen LogP contribution >= 0.6 is 22.9 Å². The summed E-state index contributed by atoms with van der Waals surface area (Å²) >= 11 is 7.63. The first-order valence-electron chi connectivity index (χ1n) is 5.61. The first-order chi connectivity index (χ1) is 9.06. The molecule has 0 amide bonds. The van der Waals surface area contributed by atoms with Crippen molar-refractivity contribution in [1.29, 1.82) is 0 Å². The fourth-order valence-corrected chi connectivity index (χ4v) is 2.54. The van der Waals surface area contributed by atoms with E-state index in [9.17, 15) is 10.1 Å².